The van der Waals surface area contributed by atoms with Gasteiger partial charge in [0.25, 0.3) is 5.91 Å². The zero-order chi connectivity index (χ0) is 16.2. The standard InChI is InChI=1S/C17H20N4OS/c1-12-8-13(2)11-21(10-12)16(22)15-9-14(4-7-18-15)23-17-19-5-3-6-20-17/h3-7,9,12-13H,8,10-11H2,1-2H3/t12-,13+. The molecule has 3 rings (SSSR count). The lowest BCUT2D eigenvalue weighted by Crippen LogP contribution is -2.42. The fraction of sp³-hybridized carbons (Fsp3) is 0.412. The van der Waals surface area contributed by atoms with Crippen molar-refractivity contribution in [3.63, 3.8) is 0 Å². The first kappa shape index (κ1) is 15.9. The van der Waals surface area contributed by atoms with Crippen LogP contribution in [0.3, 0.4) is 0 Å². The molecular formula is C17H20N4OS. The lowest BCUT2D eigenvalue weighted by molar-refractivity contribution is 0.0617. The number of likely N-dealkylation sites (tertiary alicyclic amines) is 1. The van der Waals surface area contributed by atoms with Crippen molar-refractivity contribution >= 4 is 17.7 Å². The molecule has 2 aromatic heterocycles. The van der Waals surface area contributed by atoms with Crippen LogP contribution in [0.4, 0.5) is 0 Å². The second-order valence-corrected chi connectivity index (χ2v) is 7.21. The van der Waals surface area contributed by atoms with Gasteiger partial charge < -0.3 is 4.90 Å². The highest BCUT2D eigenvalue weighted by molar-refractivity contribution is 7.99. The van der Waals surface area contributed by atoms with E-state index in [1.807, 2.05) is 17.0 Å². The fourth-order valence-electron chi connectivity index (χ4n) is 3.03. The van der Waals surface area contributed by atoms with E-state index in [4.69, 9.17) is 0 Å². The molecule has 1 amide bonds. The molecule has 1 aliphatic heterocycles. The Kier molecular flexibility index (Phi) is 4.91. The van der Waals surface area contributed by atoms with Crippen molar-refractivity contribution in [1.29, 1.82) is 0 Å². The molecule has 120 valence electrons. The molecule has 0 spiro atoms. The molecular weight excluding hydrogens is 308 g/mol. The zero-order valence-corrected chi connectivity index (χ0v) is 14.2. The number of amides is 1. The minimum atomic E-state index is 0.0137. The van der Waals surface area contributed by atoms with Crippen molar-refractivity contribution in [2.75, 3.05) is 13.1 Å². The van der Waals surface area contributed by atoms with Crippen LogP contribution in [-0.2, 0) is 0 Å². The summed E-state index contributed by atoms with van der Waals surface area (Å²) in [5.74, 6) is 1.09. The highest BCUT2D eigenvalue weighted by Crippen LogP contribution is 2.26. The summed E-state index contributed by atoms with van der Waals surface area (Å²) >= 11 is 1.43. The molecule has 6 heteroatoms. The molecule has 0 unspecified atom stereocenters. The minimum absolute atomic E-state index is 0.0137. The van der Waals surface area contributed by atoms with Crippen LogP contribution in [0.1, 0.15) is 30.8 Å². The van der Waals surface area contributed by atoms with E-state index in [2.05, 4.69) is 28.8 Å². The van der Waals surface area contributed by atoms with Crippen LogP contribution >= 0.6 is 11.8 Å². The van der Waals surface area contributed by atoms with Crippen molar-refractivity contribution in [2.45, 2.75) is 30.3 Å². The minimum Gasteiger partial charge on any atom is -0.337 e. The van der Waals surface area contributed by atoms with E-state index in [1.54, 1.807) is 24.7 Å². The van der Waals surface area contributed by atoms with Gasteiger partial charge in [-0.3, -0.25) is 9.78 Å². The number of aromatic nitrogens is 3. The van der Waals surface area contributed by atoms with E-state index in [-0.39, 0.29) is 5.91 Å². The molecule has 2 aromatic rings. The maximum Gasteiger partial charge on any atom is 0.272 e. The Morgan fingerprint density at radius 1 is 1.13 bits per heavy atom. The smallest absolute Gasteiger partial charge is 0.272 e. The highest BCUT2D eigenvalue weighted by Gasteiger charge is 2.26. The molecule has 3 heterocycles. The monoisotopic (exact) mass is 328 g/mol. The number of nitrogens with zero attached hydrogens (tertiary/aromatic N) is 4. The van der Waals surface area contributed by atoms with Crippen LogP contribution in [-0.4, -0.2) is 38.8 Å². The summed E-state index contributed by atoms with van der Waals surface area (Å²) in [6.07, 6.45) is 6.27. The van der Waals surface area contributed by atoms with E-state index in [0.717, 1.165) is 18.0 Å². The largest absolute Gasteiger partial charge is 0.337 e. The van der Waals surface area contributed by atoms with E-state index in [1.165, 1.54) is 18.2 Å². The summed E-state index contributed by atoms with van der Waals surface area (Å²) in [5, 5.41) is 0.664. The third-order valence-corrected chi connectivity index (χ3v) is 4.74. The molecule has 0 radical (unpaired) electrons. The molecule has 23 heavy (non-hydrogen) atoms. The fourth-order valence-corrected chi connectivity index (χ4v) is 3.76. The van der Waals surface area contributed by atoms with Crippen LogP contribution in [0, 0.1) is 11.8 Å². The van der Waals surface area contributed by atoms with Crippen molar-refractivity contribution in [1.82, 2.24) is 19.9 Å². The maximum atomic E-state index is 12.7. The first-order chi connectivity index (χ1) is 11.1. The summed E-state index contributed by atoms with van der Waals surface area (Å²) in [4.78, 5) is 28.2. The Morgan fingerprint density at radius 3 is 2.52 bits per heavy atom. The molecule has 0 aliphatic carbocycles. The lowest BCUT2D eigenvalue weighted by Gasteiger charge is -2.34. The third-order valence-electron chi connectivity index (χ3n) is 3.86. The Balaban J connectivity index is 1.75. The van der Waals surface area contributed by atoms with Crippen molar-refractivity contribution in [3.05, 3.63) is 42.5 Å². The van der Waals surface area contributed by atoms with E-state index in [0.29, 0.717) is 22.7 Å². The SMILES string of the molecule is C[C@@H]1C[C@H](C)CN(C(=O)c2cc(Sc3ncccn3)ccn2)C1. The molecule has 0 saturated carbocycles. The molecule has 0 bridgehead atoms. The summed E-state index contributed by atoms with van der Waals surface area (Å²) < 4.78 is 0. The topological polar surface area (TPSA) is 59.0 Å². The van der Waals surface area contributed by atoms with Gasteiger partial charge in [-0.05, 0) is 48.2 Å². The van der Waals surface area contributed by atoms with Gasteiger partial charge in [-0.1, -0.05) is 13.8 Å². The second-order valence-electron chi connectivity index (χ2n) is 6.17. The van der Waals surface area contributed by atoms with Crippen molar-refractivity contribution in [3.8, 4) is 0 Å². The Morgan fingerprint density at radius 2 is 1.83 bits per heavy atom. The number of piperidine rings is 1. The van der Waals surface area contributed by atoms with Gasteiger partial charge in [0.1, 0.15) is 5.69 Å². The van der Waals surface area contributed by atoms with Gasteiger partial charge in [0.05, 0.1) is 0 Å². The predicted molar refractivity (Wildman–Crippen MR) is 89.2 cm³/mol. The summed E-state index contributed by atoms with van der Waals surface area (Å²) in [6.45, 7) is 6.01. The summed E-state index contributed by atoms with van der Waals surface area (Å²) in [6, 6.07) is 5.48. The summed E-state index contributed by atoms with van der Waals surface area (Å²) in [7, 11) is 0. The van der Waals surface area contributed by atoms with Gasteiger partial charge in [0, 0.05) is 36.6 Å². The number of carbonyl (C=O) groups excluding carboxylic acids is 1. The number of carbonyl (C=O) groups is 1. The maximum absolute atomic E-state index is 12.7. The first-order valence-electron chi connectivity index (χ1n) is 7.82. The molecule has 1 aliphatic rings. The van der Waals surface area contributed by atoms with Gasteiger partial charge in [0.2, 0.25) is 0 Å². The van der Waals surface area contributed by atoms with Gasteiger partial charge in [-0.25, -0.2) is 9.97 Å². The van der Waals surface area contributed by atoms with E-state index in [9.17, 15) is 4.79 Å². The molecule has 1 fully saturated rings. The van der Waals surface area contributed by atoms with Gasteiger partial charge >= 0.3 is 0 Å². The first-order valence-corrected chi connectivity index (χ1v) is 8.63. The van der Waals surface area contributed by atoms with Crippen LogP contribution in [0.15, 0.2) is 46.8 Å². The van der Waals surface area contributed by atoms with Crippen LogP contribution in [0.5, 0.6) is 0 Å². The van der Waals surface area contributed by atoms with Crippen LogP contribution in [0.2, 0.25) is 0 Å². The van der Waals surface area contributed by atoms with Gasteiger partial charge in [-0.15, -0.1) is 0 Å². The number of hydrogen-bond donors (Lipinski definition) is 0. The van der Waals surface area contributed by atoms with Crippen molar-refractivity contribution in [2.24, 2.45) is 11.8 Å². The normalized spacial score (nSPS) is 21.2. The molecule has 1 saturated heterocycles. The van der Waals surface area contributed by atoms with E-state index < -0.39 is 0 Å². The third kappa shape index (κ3) is 4.07. The number of rotatable bonds is 3. The molecule has 0 N–H and O–H groups in total. The summed E-state index contributed by atoms with van der Waals surface area (Å²) in [5.41, 5.74) is 0.493. The van der Waals surface area contributed by atoms with Crippen LogP contribution < -0.4 is 0 Å². The zero-order valence-electron chi connectivity index (χ0n) is 13.3. The van der Waals surface area contributed by atoms with E-state index >= 15 is 0 Å². The average Bonchev–Trinajstić information content (AvgIpc) is 2.54. The number of pyridine rings is 1. The second kappa shape index (κ2) is 7.08. The molecule has 0 aromatic carbocycles. The quantitative estimate of drug-likeness (QED) is 0.810. The Bertz CT molecular complexity index is 669. The predicted octanol–water partition coefficient (Wildman–Crippen LogP) is 3.14. The van der Waals surface area contributed by atoms with Gasteiger partial charge in [0.15, 0.2) is 5.16 Å². The average molecular weight is 328 g/mol. The highest BCUT2D eigenvalue weighted by atomic mass is 32.2. The van der Waals surface area contributed by atoms with Gasteiger partial charge in [-0.2, -0.15) is 0 Å². The Hall–Kier alpha value is -1.95. The number of hydrogen-bond acceptors (Lipinski definition) is 5. The molecule has 2 atom stereocenters. The van der Waals surface area contributed by atoms with Crippen LogP contribution in [0.25, 0.3) is 0 Å². The lowest BCUT2D eigenvalue weighted by atomic mass is 9.92. The van der Waals surface area contributed by atoms with Crippen molar-refractivity contribution < 1.29 is 4.79 Å². The molecule has 5 nitrogen and oxygen atoms in total. The Labute approximate surface area is 140 Å².